The van der Waals surface area contributed by atoms with E-state index in [1.807, 2.05) is 0 Å². The van der Waals surface area contributed by atoms with E-state index >= 15 is 0 Å². The van der Waals surface area contributed by atoms with Crippen LogP contribution in [0.1, 0.15) is 5.56 Å². The van der Waals surface area contributed by atoms with Crippen molar-refractivity contribution in [2.75, 3.05) is 7.11 Å². The summed E-state index contributed by atoms with van der Waals surface area (Å²) in [5.41, 5.74) is 5.26. The van der Waals surface area contributed by atoms with Crippen LogP contribution in [0.25, 0.3) is 0 Å². The van der Waals surface area contributed by atoms with Crippen LogP contribution in [0.4, 0.5) is 17.6 Å². The van der Waals surface area contributed by atoms with Gasteiger partial charge in [-0.15, -0.1) is 0 Å². The van der Waals surface area contributed by atoms with Crippen LogP contribution in [0.5, 0.6) is 5.75 Å². The minimum Gasteiger partial charge on any atom is -0.496 e. The molecule has 0 saturated carbocycles. The summed E-state index contributed by atoms with van der Waals surface area (Å²) in [7, 11) is 1.24. The van der Waals surface area contributed by atoms with Gasteiger partial charge in [-0.3, -0.25) is 0 Å². The van der Waals surface area contributed by atoms with Crippen molar-refractivity contribution in [2.24, 2.45) is 5.73 Å². The van der Waals surface area contributed by atoms with Crippen LogP contribution in [0.3, 0.4) is 0 Å². The van der Waals surface area contributed by atoms with Gasteiger partial charge in [0.25, 0.3) is 6.43 Å². The van der Waals surface area contributed by atoms with E-state index in [1.165, 1.54) is 7.11 Å². The van der Waals surface area contributed by atoms with Gasteiger partial charge in [-0.1, -0.05) is 0 Å². The number of halogens is 4. The molecule has 0 radical (unpaired) electrons. The lowest BCUT2D eigenvalue weighted by molar-refractivity contribution is 0.115. The van der Waals surface area contributed by atoms with Gasteiger partial charge < -0.3 is 10.5 Å². The molecule has 0 saturated heterocycles. The van der Waals surface area contributed by atoms with Crippen molar-refractivity contribution in [2.45, 2.75) is 18.9 Å². The van der Waals surface area contributed by atoms with E-state index in [-0.39, 0.29) is 17.7 Å². The average Bonchev–Trinajstić information content (AvgIpc) is 2.22. The fraction of sp³-hybridized carbons (Fsp3) is 0.400. The lowest BCUT2D eigenvalue weighted by atomic mass is 10.1. The van der Waals surface area contributed by atoms with Gasteiger partial charge in [0.05, 0.1) is 13.2 Å². The van der Waals surface area contributed by atoms with Crippen molar-refractivity contribution >= 4 is 0 Å². The summed E-state index contributed by atoms with van der Waals surface area (Å²) in [5.74, 6) is -2.20. The number of methoxy groups -OCH3 is 1. The van der Waals surface area contributed by atoms with Gasteiger partial charge in [0.2, 0.25) is 0 Å². The normalized spacial score (nSPS) is 12.9. The highest BCUT2D eigenvalue weighted by Crippen LogP contribution is 2.24. The molecule has 0 heterocycles. The molecule has 2 N–H and O–H groups in total. The molecule has 90 valence electrons. The predicted octanol–water partition coefficient (Wildman–Crippen LogP) is 2.11. The number of benzene rings is 1. The van der Waals surface area contributed by atoms with Gasteiger partial charge in [-0.05, 0) is 18.1 Å². The van der Waals surface area contributed by atoms with E-state index in [4.69, 9.17) is 10.5 Å². The van der Waals surface area contributed by atoms with Crippen molar-refractivity contribution in [3.63, 3.8) is 0 Å². The van der Waals surface area contributed by atoms with Crippen LogP contribution in [0.15, 0.2) is 12.1 Å². The zero-order valence-electron chi connectivity index (χ0n) is 8.51. The Balaban J connectivity index is 2.98. The van der Waals surface area contributed by atoms with Gasteiger partial charge in [-0.2, -0.15) is 0 Å². The number of alkyl halides is 2. The van der Waals surface area contributed by atoms with E-state index in [1.54, 1.807) is 0 Å². The van der Waals surface area contributed by atoms with E-state index in [9.17, 15) is 17.6 Å². The summed E-state index contributed by atoms with van der Waals surface area (Å²) in [4.78, 5) is 0. The predicted molar refractivity (Wildman–Crippen MR) is 50.6 cm³/mol. The number of ether oxygens (including phenoxy) is 1. The number of hydrogen-bond acceptors (Lipinski definition) is 2. The Hall–Kier alpha value is -1.30. The van der Waals surface area contributed by atoms with Gasteiger partial charge in [-0.25, -0.2) is 17.6 Å². The largest absolute Gasteiger partial charge is 0.496 e. The van der Waals surface area contributed by atoms with E-state index in [0.29, 0.717) is 0 Å². The van der Waals surface area contributed by atoms with Crippen LogP contribution in [-0.2, 0) is 6.42 Å². The second-order valence-electron chi connectivity index (χ2n) is 3.28. The third-order valence-corrected chi connectivity index (χ3v) is 2.10. The second kappa shape index (κ2) is 5.16. The summed E-state index contributed by atoms with van der Waals surface area (Å²) in [6.45, 7) is 0. The highest BCUT2D eigenvalue weighted by Gasteiger charge is 2.19. The molecule has 16 heavy (non-hydrogen) atoms. The van der Waals surface area contributed by atoms with Crippen molar-refractivity contribution < 1.29 is 22.3 Å². The topological polar surface area (TPSA) is 35.2 Å². The smallest absolute Gasteiger partial charge is 0.253 e. The molecule has 0 spiro atoms. The van der Waals surface area contributed by atoms with Gasteiger partial charge in [0, 0.05) is 6.07 Å². The van der Waals surface area contributed by atoms with Crippen LogP contribution < -0.4 is 10.5 Å². The molecule has 0 fully saturated rings. The molecule has 6 heteroatoms. The first-order valence-electron chi connectivity index (χ1n) is 4.51. The van der Waals surface area contributed by atoms with Crippen LogP contribution in [-0.4, -0.2) is 19.6 Å². The van der Waals surface area contributed by atoms with Crippen LogP contribution in [0.2, 0.25) is 0 Å². The molecule has 1 unspecified atom stereocenters. The average molecular weight is 237 g/mol. The zero-order valence-corrected chi connectivity index (χ0v) is 8.51. The molecule has 0 aromatic heterocycles. The Morgan fingerprint density at radius 3 is 2.31 bits per heavy atom. The standard InChI is InChI=1S/C10H11F4NO/c1-16-9-4-7(12)6(11)2-5(9)3-8(15)10(13)14/h2,4,8,10H,3,15H2,1H3. The van der Waals surface area contributed by atoms with Gasteiger partial charge in [0.1, 0.15) is 5.75 Å². The van der Waals surface area contributed by atoms with Crippen molar-refractivity contribution in [1.29, 1.82) is 0 Å². The SMILES string of the molecule is COc1cc(F)c(F)cc1CC(N)C(F)F. The minimum absolute atomic E-state index is 0.00926. The molecule has 0 bridgehead atoms. The fourth-order valence-corrected chi connectivity index (χ4v) is 1.26. The maximum absolute atomic E-state index is 12.9. The maximum atomic E-state index is 12.9. The number of nitrogens with two attached hydrogens (primary N) is 1. The van der Waals surface area contributed by atoms with E-state index < -0.39 is 24.1 Å². The molecule has 2 nitrogen and oxygen atoms in total. The van der Waals surface area contributed by atoms with Gasteiger partial charge in [0.15, 0.2) is 11.6 Å². The molecule has 0 aliphatic carbocycles. The fourth-order valence-electron chi connectivity index (χ4n) is 1.26. The first kappa shape index (κ1) is 12.8. The lowest BCUT2D eigenvalue weighted by Gasteiger charge is -2.13. The number of hydrogen-bond donors (Lipinski definition) is 1. The molecule has 0 aliphatic heterocycles. The summed E-state index contributed by atoms with van der Waals surface area (Å²) in [6, 6.07) is 0.193. The monoisotopic (exact) mass is 237 g/mol. The Labute approximate surface area is 90.0 Å². The lowest BCUT2D eigenvalue weighted by Crippen LogP contribution is -2.31. The Bertz CT molecular complexity index is 370. The maximum Gasteiger partial charge on any atom is 0.253 e. The summed E-state index contributed by atoms with van der Waals surface area (Å²) < 4.78 is 54.8. The highest BCUT2D eigenvalue weighted by molar-refractivity contribution is 5.35. The third kappa shape index (κ3) is 2.85. The molecule has 1 atom stereocenters. The minimum atomic E-state index is -2.72. The van der Waals surface area contributed by atoms with Gasteiger partial charge >= 0.3 is 0 Å². The van der Waals surface area contributed by atoms with Crippen molar-refractivity contribution in [3.05, 3.63) is 29.3 Å². The molecule has 0 amide bonds. The number of rotatable bonds is 4. The zero-order chi connectivity index (χ0) is 12.3. The molecular formula is C10H11F4NO. The quantitative estimate of drug-likeness (QED) is 0.814. The molecule has 1 aromatic rings. The highest BCUT2D eigenvalue weighted by atomic mass is 19.3. The van der Waals surface area contributed by atoms with Crippen LogP contribution in [0, 0.1) is 11.6 Å². The third-order valence-electron chi connectivity index (χ3n) is 2.10. The molecule has 1 aromatic carbocycles. The van der Waals surface area contributed by atoms with E-state index in [2.05, 4.69) is 0 Å². The summed E-state index contributed by atoms with van der Waals surface area (Å²) in [6.07, 6.45) is -3.00. The van der Waals surface area contributed by atoms with E-state index in [0.717, 1.165) is 12.1 Å². The first-order chi connectivity index (χ1) is 7.45. The first-order valence-corrected chi connectivity index (χ1v) is 4.51. The summed E-state index contributed by atoms with van der Waals surface area (Å²) in [5, 5.41) is 0. The molecule has 0 aliphatic rings. The van der Waals surface area contributed by atoms with Crippen molar-refractivity contribution in [1.82, 2.24) is 0 Å². The van der Waals surface area contributed by atoms with Crippen LogP contribution >= 0.6 is 0 Å². The molecular weight excluding hydrogens is 226 g/mol. The second-order valence-corrected chi connectivity index (χ2v) is 3.28. The Kier molecular flexibility index (Phi) is 4.12. The summed E-state index contributed by atoms with van der Waals surface area (Å²) >= 11 is 0. The Morgan fingerprint density at radius 2 is 1.81 bits per heavy atom. The van der Waals surface area contributed by atoms with Crippen molar-refractivity contribution in [3.8, 4) is 5.75 Å². The Morgan fingerprint density at radius 1 is 1.25 bits per heavy atom. The molecule has 1 rings (SSSR count).